The summed E-state index contributed by atoms with van der Waals surface area (Å²) in [6.07, 6.45) is 3.48. The van der Waals surface area contributed by atoms with Crippen molar-refractivity contribution in [2.45, 2.75) is 0 Å². The van der Waals surface area contributed by atoms with Gasteiger partial charge >= 0.3 is 5.97 Å². The fourth-order valence-corrected chi connectivity index (χ4v) is 2.85. The molecule has 1 aromatic heterocycles. The number of hydrogen-bond acceptors (Lipinski definition) is 5. The molecule has 3 aromatic rings. The number of ketones is 1. The van der Waals surface area contributed by atoms with E-state index in [0.717, 1.165) is 5.69 Å². The number of halogens is 1. The largest absolute Gasteiger partial charge is 0.496 e. The van der Waals surface area contributed by atoms with Gasteiger partial charge in [-0.3, -0.25) is 4.79 Å². The Hall–Kier alpha value is -2.93. The van der Waals surface area contributed by atoms with E-state index in [1.165, 1.54) is 0 Å². The van der Waals surface area contributed by atoms with E-state index in [4.69, 9.17) is 9.47 Å². The number of ether oxygens (including phenoxy) is 2. The van der Waals surface area contributed by atoms with Crippen LogP contribution in [0.25, 0.3) is 5.69 Å². The summed E-state index contributed by atoms with van der Waals surface area (Å²) in [6, 6.07) is 13.5. The SMILES string of the molecule is COc1ccc(C(=O)COC(=O)c2ccc(-n3cccn3)cc2)cc1Br. The number of aromatic nitrogens is 2. The minimum Gasteiger partial charge on any atom is -0.496 e. The lowest BCUT2D eigenvalue weighted by atomic mass is 10.1. The highest BCUT2D eigenvalue weighted by atomic mass is 79.9. The van der Waals surface area contributed by atoms with Crippen molar-refractivity contribution < 1.29 is 19.1 Å². The number of carbonyl (C=O) groups excluding carboxylic acids is 2. The Balaban J connectivity index is 1.61. The molecule has 6 nitrogen and oxygen atoms in total. The highest BCUT2D eigenvalue weighted by Gasteiger charge is 2.13. The van der Waals surface area contributed by atoms with Crippen molar-refractivity contribution in [2.24, 2.45) is 0 Å². The van der Waals surface area contributed by atoms with Crippen LogP contribution in [0.1, 0.15) is 20.7 Å². The van der Waals surface area contributed by atoms with Gasteiger partial charge in [0.05, 0.1) is 22.8 Å². The quantitative estimate of drug-likeness (QED) is 0.454. The van der Waals surface area contributed by atoms with Crippen LogP contribution in [0, 0.1) is 0 Å². The lowest BCUT2D eigenvalue weighted by Crippen LogP contribution is -2.14. The third-order valence-corrected chi connectivity index (χ3v) is 4.30. The van der Waals surface area contributed by atoms with E-state index in [2.05, 4.69) is 21.0 Å². The highest BCUT2D eigenvalue weighted by Crippen LogP contribution is 2.25. The standard InChI is InChI=1S/C19H15BrN2O4/c1-25-18-8-5-14(11-16(18)20)17(23)12-26-19(24)13-3-6-15(7-4-13)22-10-2-9-21-22/h2-11H,12H2,1H3. The fraction of sp³-hybridized carbons (Fsp3) is 0.105. The van der Waals surface area contributed by atoms with Crippen LogP contribution < -0.4 is 4.74 Å². The van der Waals surface area contributed by atoms with Crippen LogP contribution >= 0.6 is 15.9 Å². The zero-order valence-corrected chi connectivity index (χ0v) is 15.5. The average molecular weight is 415 g/mol. The van der Waals surface area contributed by atoms with Gasteiger partial charge in [-0.2, -0.15) is 5.10 Å². The molecular formula is C19H15BrN2O4. The van der Waals surface area contributed by atoms with Crippen LogP contribution in [0.3, 0.4) is 0 Å². The molecule has 0 N–H and O–H groups in total. The number of benzene rings is 2. The maximum absolute atomic E-state index is 12.2. The molecule has 0 aliphatic heterocycles. The third-order valence-electron chi connectivity index (χ3n) is 3.68. The molecule has 0 unspecified atom stereocenters. The van der Waals surface area contributed by atoms with Crippen LogP contribution in [0.4, 0.5) is 0 Å². The summed E-state index contributed by atoms with van der Waals surface area (Å²) in [5.41, 5.74) is 1.62. The number of nitrogens with zero attached hydrogens (tertiary/aromatic N) is 2. The summed E-state index contributed by atoms with van der Waals surface area (Å²) in [5.74, 6) is -0.233. The highest BCUT2D eigenvalue weighted by molar-refractivity contribution is 9.10. The Morgan fingerprint density at radius 1 is 1.12 bits per heavy atom. The van der Waals surface area contributed by atoms with Crippen molar-refractivity contribution in [1.29, 1.82) is 0 Å². The number of esters is 1. The lowest BCUT2D eigenvalue weighted by molar-refractivity contribution is 0.0474. The number of hydrogen-bond donors (Lipinski definition) is 0. The van der Waals surface area contributed by atoms with Crippen LogP contribution in [0.15, 0.2) is 65.4 Å². The summed E-state index contributed by atoms with van der Waals surface area (Å²) in [7, 11) is 1.54. The first-order valence-corrected chi connectivity index (χ1v) is 8.52. The first kappa shape index (κ1) is 17.9. The molecule has 7 heteroatoms. The second kappa shape index (κ2) is 7.97. The summed E-state index contributed by atoms with van der Waals surface area (Å²) in [5, 5.41) is 4.12. The lowest BCUT2D eigenvalue weighted by Gasteiger charge is -2.07. The predicted molar refractivity (Wildman–Crippen MR) is 98.9 cm³/mol. The zero-order valence-electron chi connectivity index (χ0n) is 13.9. The molecule has 0 atom stereocenters. The smallest absolute Gasteiger partial charge is 0.338 e. The van der Waals surface area contributed by atoms with Crippen LogP contribution in [0.2, 0.25) is 0 Å². The Morgan fingerprint density at radius 3 is 2.46 bits per heavy atom. The fourth-order valence-electron chi connectivity index (χ4n) is 2.31. The normalized spacial score (nSPS) is 10.4. The van der Waals surface area contributed by atoms with E-state index < -0.39 is 5.97 Å². The van der Waals surface area contributed by atoms with E-state index in [-0.39, 0.29) is 12.4 Å². The van der Waals surface area contributed by atoms with Crippen molar-refractivity contribution in [3.63, 3.8) is 0 Å². The van der Waals surface area contributed by atoms with Gasteiger partial charge in [0.15, 0.2) is 12.4 Å². The molecule has 0 saturated carbocycles. The molecule has 0 aliphatic rings. The van der Waals surface area contributed by atoms with Crippen molar-refractivity contribution >= 4 is 27.7 Å². The molecule has 0 saturated heterocycles. The minimum absolute atomic E-state index is 0.296. The van der Waals surface area contributed by atoms with Crippen LogP contribution in [0.5, 0.6) is 5.75 Å². The summed E-state index contributed by atoms with van der Waals surface area (Å²) in [4.78, 5) is 24.3. The molecule has 1 heterocycles. The monoisotopic (exact) mass is 414 g/mol. The molecule has 0 radical (unpaired) electrons. The van der Waals surface area contributed by atoms with Gasteiger partial charge in [0.2, 0.25) is 0 Å². The van der Waals surface area contributed by atoms with E-state index in [9.17, 15) is 9.59 Å². The van der Waals surface area contributed by atoms with E-state index >= 15 is 0 Å². The van der Waals surface area contributed by atoms with Crippen molar-refractivity contribution in [3.05, 3.63) is 76.5 Å². The van der Waals surface area contributed by atoms with Crippen molar-refractivity contribution in [2.75, 3.05) is 13.7 Å². The van der Waals surface area contributed by atoms with Gasteiger partial charge in [0.25, 0.3) is 0 Å². The molecule has 26 heavy (non-hydrogen) atoms. The maximum atomic E-state index is 12.2. The van der Waals surface area contributed by atoms with Gasteiger partial charge in [-0.25, -0.2) is 9.48 Å². The van der Waals surface area contributed by atoms with Gasteiger partial charge in [-0.1, -0.05) is 0 Å². The molecule has 132 valence electrons. The van der Waals surface area contributed by atoms with Gasteiger partial charge in [-0.15, -0.1) is 0 Å². The summed E-state index contributed by atoms with van der Waals surface area (Å²) < 4.78 is 12.6. The Labute approximate surface area is 158 Å². The Kier molecular flexibility index (Phi) is 5.48. The number of carbonyl (C=O) groups is 2. The second-order valence-corrected chi connectivity index (χ2v) is 6.20. The predicted octanol–water partition coefficient (Wildman–Crippen LogP) is 3.68. The van der Waals surface area contributed by atoms with Gasteiger partial charge in [0, 0.05) is 18.0 Å². The third kappa shape index (κ3) is 4.00. The second-order valence-electron chi connectivity index (χ2n) is 5.35. The van der Waals surface area contributed by atoms with Crippen LogP contribution in [-0.4, -0.2) is 35.2 Å². The summed E-state index contributed by atoms with van der Waals surface area (Å²) >= 11 is 3.32. The average Bonchev–Trinajstić information content (AvgIpc) is 3.20. The first-order chi connectivity index (χ1) is 12.6. The molecule has 0 spiro atoms. The molecule has 2 aromatic carbocycles. The van der Waals surface area contributed by atoms with E-state index in [0.29, 0.717) is 21.3 Å². The van der Waals surface area contributed by atoms with Gasteiger partial charge in [-0.05, 0) is 64.5 Å². The molecule has 0 bridgehead atoms. The van der Waals surface area contributed by atoms with Gasteiger partial charge in [0.1, 0.15) is 5.75 Å². The molecule has 3 rings (SSSR count). The number of Topliss-reactive ketones (excluding diaryl/α,β-unsaturated/α-hetero) is 1. The van der Waals surface area contributed by atoms with Crippen molar-refractivity contribution in [3.8, 4) is 11.4 Å². The molecular weight excluding hydrogens is 400 g/mol. The summed E-state index contributed by atoms with van der Waals surface area (Å²) in [6.45, 7) is -0.335. The molecule has 0 fully saturated rings. The van der Waals surface area contributed by atoms with Crippen molar-refractivity contribution in [1.82, 2.24) is 9.78 Å². The molecule has 0 aliphatic carbocycles. The Bertz CT molecular complexity index is 921. The zero-order chi connectivity index (χ0) is 18.5. The van der Waals surface area contributed by atoms with E-state index in [1.54, 1.807) is 66.6 Å². The molecule has 0 amide bonds. The Morgan fingerprint density at radius 2 is 1.85 bits per heavy atom. The maximum Gasteiger partial charge on any atom is 0.338 e. The topological polar surface area (TPSA) is 70.4 Å². The van der Waals surface area contributed by atoms with Crippen LogP contribution in [-0.2, 0) is 4.74 Å². The number of rotatable bonds is 6. The number of methoxy groups -OCH3 is 1. The minimum atomic E-state index is -0.557. The van der Waals surface area contributed by atoms with Gasteiger partial charge < -0.3 is 9.47 Å². The first-order valence-electron chi connectivity index (χ1n) is 7.72. The van der Waals surface area contributed by atoms with E-state index in [1.807, 2.05) is 6.07 Å².